The Hall–Kier alpha value is -1.61. The normalized spacial score (nSPS) is 15.7. The summed E-state index contributed by atoms with van der Waals surface area (Å²) in [6.07, 6.45) is 10.8. The molecular weight excluding hydrogens is 296 g/mol. The lowest BCUT2D eigenvalue weighted by Gasteiger charge is -2.21. The van der Waals surface area contributed by atoms with Gasteiger partial charge in [0.1, 0.15) is 5.75 Å². The maximum absolute atomic E-state index is 6.34. The van der Waals surface area contributed by atoms with Crippen LogP contribution in [-0.4, -0.2) is 16.6 Å². The number of hydrogen-bond acceptors (Lipinski definition) is 3. The first-order valence-corrected chi connectivity index (χ1v) is 8.13. The zero-order chi connectivity index (χ0) is 15.4. The van der Waals surface area contributed by atoms with E-state index in [4.69, 9.17) is 16.3 Å². The van der Waals surface area contributed by atoms with Crippen molar-refractivity contribution >= 4 is 11.6 Å². The Bertz CT molecular complexity index is 621. The molecule has 0 N–H and O–H groups in total. The summed E-state index contributed by atoms with van der Waals surface area (Å²) < 4.78 is 5.90. The lowest BCUT2D eigenvalue weighted by Crippen LogP contribution is -2.15. The van der Waals surface area contributed by atoms with Crippen LogP contribution in [0.4, 0.5) is 0 Å². The fourth-order valence-corrected chi connectivity index (χ4v) is 2.90. The van der Waals surface area contributed by atoms with Crippen LogP contribution in [0.3, 0.4) is 0 Å². The Labute approximate surface area is 136 Å². The molecule has 1 heterocycles. The molecule has 115 valence electrons. The van der Waals surface area contributed by atoms with Gasteiger partial charge in [-0.3, -0.25) is 0 Å². The highest BCUT2D eigenvalue weighted by molar-refractivity contribution is 6.32. The van der Waals surface area contributed by atoms with Crippen LogP contribution in [0.1, 0.15) is 31.2 Å². The van der Waals surface area contributed by atoms with Gasteiger partial charge in [0.25, 0.3) is 0 Å². The van der Waals surface area contributed by atoms with Crippen molar-refractivity contribution in [3.05, 3.63) is 47.6 Å². The fourth-order valence-electron chi connectivity index (χ4n) is 2.67. The van der Waals surface area contributed by atoms with E-state index in [9.17, 15) is 0 Å². The van der Waals surface area contributed by atoms with Crippen molar-refractivity contribution in [3.63, 3.8) is 0 Å². The lowest BCUT2D eigenvalue weighted by molar-refractivity contribution is 0.221. The van der Waals surface area contributed by atoms with Crippen LogP contribution in [0.2, 0.25) is 5.02 Å². The minimum Gasteiger partial charge on any atom is -0.492 e. The molecule has 22 heavy (non-hydrogen) atoms. The van der Waals surface area contributed by atoms with E-state index in [-0.39, 0.29) is 0 Å². The third-order valence-electron chi connectivity index (χ3n) is 4.00. The van der Waals surface area contributed by atoms with Gasteiger partial charge >= 0.3 is 0 Å². The molecular formula is C18H20ClN2O. The maximum Gasteiger partial charge on any atom is 0.159 e. The van der Waals surface area contributed by atoms with Crippen molar-refractivity contribution < 1.29 is 4.74 Å². The number of rotatable bonds is 4. The molecule has 1 aliphatic carbocycles. The largest absolute Gasteiger partial charge is 0.492 e. The van der Waals surface area contributed by atoms with Gasteiger partial charge in [0.15, 0.2) is 5.82 Å². The molecule has 0 saturated heterocycles. The maximum atomic E-state index is 6.34. The molecule has 1 aromatic heterocycles. The lowest BCUT2D eigenvalue weighted by atomic mass is 9.90. The summed E-state index contributed by atoms with van der Waals surface area (Å²) in [4.78, 5) is 8.65. The van der Waals surface area contributed by atoms with Crippen molar-refractivity contribution in [2.75, 3.05) is 6.61 Å². The third-order valence-corrected chi connectivity index (χ3v) is 4.30. The quantitative estimate of drug-likeness (QED) is 0.806. The van der Waals surface area contributed by atoms with Gasteiger partial charge in [0.05, 0.1) is 11.6 Å². The van der Waals surface area contributed by atoms with Crippen LogP contribution in [0, 0.1) is 19.3 Å². The molecule has 3 rings (SSSR count). The molecule has 4 heteroatoms. The summed E-state index contributed by atoms with van der Waals surface area (Å²) in [7, 11) is 0. The number of nitrogens with zero attached hydrogens (tertiary/aromatic N) is 2. The van der Waals surface area contributed by atoms with Crippen molar-refractivity contribution in [3.8, 4) is 17.1 Å². The molecule has 0 spiro atoms. The number of hydrogen-bond donors (Lipinski definition) is 0. The summed E-state index contributed by atoms with van der Waals surface area (Å²) in [6.45, 7) is 2.71. The van der Waals surface area contributed by atoms with Gasteiger partial charge in [0, 0.05) is 18.0 Å². The molecule has 0 amide bonds. The van der Waals surface area contributed by atoms with E-state index in [0.29, 0.717) is 16.8 Å². The van der Waals surface area contributed by atoms with Crippen LogP contribution in [0.15, 0.2) is 30.6 Å². The van der Waals surface area contributed by atoms with Crippen LogP contribution < -0.4 is 4.74 Å². The average molecular weight is 316 g/mol. The van der Waals surface area contributed by atoms with Gasteiger partial charge in [-0.2, -0.15) is 0 Å². The summed E-state index contributed by atoms with van der Waals surface area (Å²) in [5.74, 6) is 2.06. The highest BCUT2D eigenvalue weighted by Gasteiger charge is 2.15. The van der Waals surface area contributed by atoms with Gasteiger partial charge in [-0.15, -0.1) is 0 Å². The van der Waals surface area contributed by atoms with Crippen molar-refractivity contribution in [2.24, 2.45) is 5.92 Å². The van der Waals surface area contributed by atoms with Crippen molar-refractivity contribution in [1.29, 1.82) is 0 Å². The Morgan fingerprint density at radius 2 is 1.91 bits per heavy atom. The highest BCUT2D eigenvalue weighted by atomic mass is 35.5. The van der Waals surface area contributed by atoms with Gasteiger partial charge < -0.3 is 4.74 Å². The first kappa shape index (κ1) is 15.3. The first-order chi connectivity index (χ1) is 10.7. The van der Waals surface area contributed by atoms with Gasteiger partial charge in [-0.25, -0.2) is 9.97 Å². The molecule has 0 bridgehead atoms. The Morgan fingerprint density at radius 3 is 2.59 bits per heavy atom. The topological polar surface area (TPSA) is 35.0 Å². The minimum absolute atomic E-state index is 0.615. The van der Waals surface area contributed by atoms with Crippen molar-refractivity contribution in [2.45, 2.75) is 32.6 Å². The Balaban J connectivity index is 1.67. The van der Waals surface area contributed by atoms with E-state index in [1.165, 1.54) is 25.7 Å². The Kier molecular flexibility index (Phi) is 4.94. The molecule has 0 unspecified atom stereocenters. The van der Waals surface area contributed by atoms with Gasteiger partial charge in [-0.1, -0.05) is 11.6 Å². The number of aryl methyl sites for hydroxylation is 1. The molecule has 1 aliphatic rings. The average Bonchev–Trinajstić information content (AvgIpc) is 2.55. The van der Waals surface area contributed by atoms with E-state index in [1.54, 1.807) is 12.4 Å². The number of benzene rings is 1. The zero-order valence-electron chi connectivity index (χ0n) is 12.8. The third kappa shape index (κ3) is 3.77. The smallest absolute Gasteiger partial charge is 0.159 e. The fraction of sp³-hybridized carbons (Fsp3) is 0.389. The Morgan fingerprint density at radius 1 is 1.18 bits per heavy atom. The number of halogens is 1. The molecule has 0 aliphatic heterocycles. The standard InChI is InChI=1S/C18H20ClN2O/c1-13-10-20-18(21-11-13)15-7-8-17(16(19)9-15)22-12-14-5-3-2-4-6-14/h2,7-11,14H,3-6,12H2,1H3. The second kappa shape index (κ2) is 7.10. The molecule has 1 aromatic carbocycles. The van der Waals surface area contributed by atoms with E-state index < -0.39 is 0 Å². The second-order valence-electron chi connectivity index (χ2n) is 5.85. The molecule has 3 nitrogen and oxygen atoms in total. The van der Waals surface area contributed by atoms with E-state index >= 15 is 0 Å². The molecule has 2 aromatic rings. The van der Waals surface area contributed by atoms with Gasteiger partial charge in [0.2, 0.25) is 0 Å². The van der Waals surface area contributed by atoms with E-state index in [1.807, 2.05) is 25.1 Å². The summed E-state index contributed by atoms with van der Waals surface area (Å²) in [5, 5.41) is 0.615. The van der Waals surface area contributed by atoms with Crippen LogP contribution in [0.5, 0.6) is 5.75 Å². The van der Waals surface area contributed by atoms with Crippen molar-refractivity contribution in [1.82, 2.24) is 9.97 Å². The first-order valence-electron chi connectivity index (χ1n) is 7.75. The SMILES string of the molecule is Cc1cnc(-c2ccc(OCC3CC[CH]CC3)c(Cl)c2)nc1. The zero-order valence-corrected chi connectivity index (χ0v) is 13.5. The van der Waals surface area contributed by atoms with Crippen LogP contribution >= 0.6 is 11.6 Å². The van der Waals surface area contributed by atoms with Crippen LogP contribution in [-0.2, 0) is 0 Å². The molecule has 0 atom stereocenters. The predicted octanol–water partition coefficient (Wildman–Crippen LogP) is 4.88. The predicted molar refractivity (Wildman–Crippen MR) is 89.0 cm³/mol. The van der Waals surface area contributed by atoms with Gasteiger partial charge in [-0.05, 0) is 68.7 Å². The second-order valence-corrected chi connectivity index (χ2v) is 6.26. The summed E-state index contributed by atoms with van der Waals surface area (Å²) in [6, 6.07) is 5.74. The monoisotopic (exact) mass is 315 g/mol. The molecule has 1 fully saturated rings. The number of aromatic nitrogens is 2. The number of ether oxygens (including phenoxy) is 1. The van der Waals surface area contributed by atoms with E-state index in [0.717, 1.165) is 23.5 Å². The van der Waals surface area contributed by atoms with Crippen LogP contribution in [0.25, 0.3) is 11.4 Å². The molecule has 1 saturated carbocycles. The van der Waals surface area contributed by atoms with E-state index in [2.05, 4.69) is 16.4 Å². The summed E-state index contributed by atoms with van der Waals surface area (Å²) in [5.41, 5.74) is 1.95. The highest BCUT2D eigenvalue weighted by Crippen LogP contribution is 2.30. The minimum atomic E-state index is 0.615. The summed E-state index contributed by atoms with van der Waals surface area (Å²) >= 11 is 6.34. The molecule has 1 radical (unpaired) electrons.